The van der Waals surface area contributed by atoms with Gasteiger partial charge in [-0.25, -0.2) is 0 Å². The molecule has 0 aliphatic carbocycles. The van der Waals surface area contributed by atoms with Crippen molar-refractivity contribution in [2.75, 3.05) is 0 Å². The van der Waals surface area contributed by atoms with Crippen LogP contribution in [0.5, 0.6) is 0 Å². The second-order valence-corrected chi connectivity index (χ2v) is 5.31. The van der Waals surface area contributed by atoms with Gasteiger partial charge in [0.1, 0.15) is 11.5 Å². The number of halogens is 1. The van der Waals surface area contributed by atoms with E-state index in [1.165, 1.54) is 0 Å². The number of aromatic nitrogens is 2. The fourth-order valence-corrected chi connectivity index (χ4v) is 2.56. The van der Waals surface area contributed by atoms with E-state index >= 15 is 0 Å². The summed E-state index contributed by atoms with van der Waals surface area (Å²) in [6, 6.07) is 4.12. The highest BCUT2D eigenvalue weighted by Gasteiger charge is 2.16. The lowest BCUT2D eigenvalue weighted by Crippen LogP contribution is -2.20. The minimum absolute atomic E-state index is 0.144. The molecule has 0 aliphatic heterocycles. The van der Waals surface area contributed by atoms with Gasteiger partial charge in [0.15, 0.2) is 0 Å². The van der Waals surface area contributed by atoms with Gasteiger partial charge in [0.25, 0.3) is 0 Å². The zero-order chi connectivity index (χ0) is 14.7. The highest BCUT2D eigenvalue weighted by atomic mass is 35.5. The van der Waals surface area contributed by atoms with Crippen molar-refractivity contribution in [3.8, 4) is 0 Å². The first-order valence-electron chi connectivity index (χ1n) is 7.10. The minimum Gasteiger partial charge on any atom is -0.465 e. The zero-order valence-electron chi connectivity index (χ0n) is 12.5. The highest BCUT2D eigenvalue weighted by Crippen LogP contribution is 2.23. The fraction of sp³-hybridized carbons (Fsp3) is 0.533. The van der Waals surface area contributed by atoms with E-state index in [1.54, 1.807) is 0 Å². The van der Waals surface area contributed by atoms with Gasteiger partial charge >= 0.3 is 0 Å². The molecule has 110 valence electrons. The summed E-state index contributed by atoms with van der Waals surface area (Å²) in [7, 11) is 0. The Morgan fingerprint density at radius 3 is 2.70 bits per heavy atom. The van der Waals surface area contributed by atoms with Crippen molar-refractivity contribution in [3.63, 3.8) is 0 Å². The summed E-state index contributed by atoms with van der Waals surface area (Å²) in [4.78, 5) is 0. The van der Waals surface area contributed by atoms with E-state index in [1.807, 2.05) is 23.7 Å². The maximum atomic E-state index is 6.40. The van der Waals surface area contributed by atoms with Crippen molar-refractivity contribution < 1.29 is 4.42 Å². The van der Waals surface area contributed by atoms with E-state index in [4.69, 9.17) is 16.0 Å². The Morgan fingerprint density at radius 2 is 2.15 bits per heavy atom. The minimum atomic E-state index is 0.144. The average molecular weight is 296 g/mol. The number of hydrogen-bond acceptors (Lipinski definition) is 3. The molecular formula is C15H22ClN3O. The van der Waals surface area contributed by atoms with Crippen LogP contribution in [-0.2, 0) is 19.5 Å². The van der Waals surface area contributed by atoms with Crippen LogP contribution in [0.2, 0.25) is 5.02 Å². The Balaban J connectivity index is 2.08. The predicted molar refractivity (Wildman–Crippen MR) is 81.0 cm³/mol. The van der Waals surface area contributed by atoms with E-state index in [0.29, 0.717) is 6.54 Å². The largest absolute Gasteiger partial charge is 0.465 e. The van der Waals surface area contributed by atoms with Crippen molar-refractivity contribution in [2.24, 2.45) is 0 Å². The summed E-state index contributed by atoms with van der Waals surface area (Å²) in [5.41, 5.74) is 2.01. The third-order valence-electron chi connectivity index (χ3n) is 3.46. The van der Waals surface area contributed by atoms with Gasteiger partial charge in [0.2, 0.25) is 0 Å². The molecule has 0 aromatic carbocycles. The first kappa shape index (κ1) is 15.1. The van der Waals surface area contributed by atoms with Crippen molar-refractivity contribution in [1.82, 2.24) is 15.1 Å². The standard InChI is InChI=1S/C15H22ClN3O/c1-5-12-15(16)13(19(6-2)18-12)9-17-11(4)14-8-7-10(3)20-14/h7-8,11,17H,5-6,9H2,1-4H3. The third kappa shape index (κ3) is 3.07. The van der Waals surface area contributed by atoms with Gasteiger partial charge in [0.05, 0.1) is 22.5 Å². The van der Waals surface area contributed by atoms with Crippen LogP contribution in [0.1, 0.15) is 49.7 Å². The molecule has 2 aromatic rings. The molecule has 1 unspecified atom stereocenters. The molecule has 1 atom stereocenters. The van der Waals surface area contributed by atoms with Crippen molar-refractivity contribution in [2.45, 2.75) is 53.2 Å². The second-order valence-electron chi connectivity index (χ2n) is 4.93. The molecule has 0 radical (unpaired) electrons. The first-order chi connectivity index (χ1) is 9.56. The monoisotopic (exact) mass is 295 g/mol. The summed E-state index contributed by atoms with van der Waals surface area (Å²) in [6.07, 6.45) is 0.853. The number of nitrogens with one attached hydrogen (secondary N) is 1. The zero-order valence-corrected chi connectivity index (χ0v) is 13.3. The Morgan fingerprint density at radius 1 is 1.40 bits per heavy atom. The third-order valence-corrected chi connectivity index (χ3v) is 3.89. The number of nitrogens with zero attached hydrogens (tertiary/aromatic N) is 2. The van der Waals surface area contributed by atoms with Crippen molar-refractivity contribution in [1.29, 1.82) is 0 Å². The Kier molecular flexibility index (Phi) is 4.89. The van der Waals surface area contributed by atoms with Crippen molar-refractivity contribution >= 4 is 11.6 Å². The molecule has 2 heterocycles. The Bertz CT molecular complexity index is 574. The summed E-state index contributed by atoms with van der Waals surface area (Å²) < 4.78 is 7.60. The molecule has 0 saturated carbocycles. The SMILES string of the molecule is CCc1nn(CC)c(CNC(C)c2ccc(C)o2)c1Cl. The summed E-state index contributed by atoms with van der Waals surface area (Å²) in [5.74, 6) is 1.87. The smallest absolute Gasteiger partial charge is 0.120 e. The van der Waals surface area contributed by atoms with Crippen LogP contribution in [0.25, 0.3) is 0 Å². The lowest BCUT2D eigenvalue weighted by Gasteiger charge is -2.12. The number of rotatable bonds is 6. The molecule has 0 fully saturated rings. The van der Waals surface area contributed by atoms with Crippen LogP contribution in [0, 0.1) is 6.92 Å². The van der Waals surface area contributed by atoms with Crippen LogP contribution in [0.15, 0.2) is 16.5 Å². The van der Waals surface area contributed by atoms with Gasteiger partial charge in [0, 0.05) is 13.1 Å². The van der Waals surface area contributed by atoms with Gasteiger partial charge in [-0.05, 0) is 39.3 Å². The van der Waals surface area contributed by atoms with E-state index < -0.39 is 0 Å². The Hall–Kier alpha value is -1.26. The van der Waals surface area contributed by atoms with Gasteiger partial charge in [-0.3, -0.25) is 4.68 Å². The molecule has 0 spiro atoms. The number of aryl methyl sites for hydroxylation is 3. The second kappa shape index (κ2) is 6.46. The van der Waals surface area contributed by atoms with Gasteiger partial charge in [-0.1, -0.05) is 18.5 Å². The van der Waals surface area contributed by atoms with Gasteiger partial charge < -0.3 is 9.73 Å². The quantitative estimate of drug-likeness (QED) is 0.879. The number of hydrogen-bond donors (Lipinski definition) is 1. The van der Waals surface area contributed by atoms with Crippen LogP contribution < -0.4 is 5.32 Å². The van der Waals surface area contributed by atoms with E-state index in [0.717, 1.165) is 40.9 Å². The average Bonchev–Trinajstić information content (AvgIpc) is 3.00. The molecule has 1 N–H and O–H groups in total. The summed E-state index contributed by atoms with van der Waals surface area (Å²) in [6.45, 7) is 9.68. The van der Waals surface area contributed by atoms with Crippen LogP contribution >= 0.6 is 11.6 Å². The maximum absolute atomic E-state index is 6.40. The van der Waals surface area contributed by atoms with Gasteiger partial charge in [-0.2, -0.15) is 5.10 Å². The van der Waals surface area contributed by atoms with Crippen LogP contribution in [0.4, 0.5) is 0 Å². The molecule has 0 saturated heterocycles. The van der Waals surface area contributed by atoms with E-state index in [2.05, 4.69) is 31.2 Å². The van der Waals surface area contributed by atoms with E-state index in [-0.39, 0.29) is 6.04 Å². The topological polar surface area (TPSA) is 43.0 Å². The predicted octanol–water partition coefficient (Wildman–Crippen LogP) is 3.87. The Labute approximate surface area is 125 Å². The van der Waals surface area contributed by atoms with Crippen molar-refractivity contribution in [3.05, 3.63) is 40.1 Å². The summed E-state index contributed by atoms with van der Waals surface area (Å²) in [5, 5.41) is 8.75. The molecule has 5 heteroatoms. The first-order valence-corrected chi connectivity index (χ1v) is 7.48. The highest BCUT2D eigenvalue weighted by molar-refractivity contribution is 6.31. The molecule has 0 bridgehead atoms. The molecular weight excluding hydrogens is 274 g/mol. The van der Waals surface area contributed by atoms with Crippen LogP contribution in [-0.4, -0.2) is 9.78 Å². The molecule has 0 amide bonds. The van der Waals surface area contributed by atoms with Gasteiger partial charge in [-0.15, -0.1) is 0 Å². The molecule has 20 heavy (non-hydrogen) atoms. The van der Waals surface area contributed by atoms with Crippen LogP contribution in [0.3, 0.4) is 0 Å². The number of furan rings is 1. The maximum Gasteiger partial charge on any atom is 0.120 e. The molecule has 2 rings (SSSR count). The lowest BCUT2D eigenvalue weighted by atomic mass is 10.2. The normalized spacial score (nSPS) is 12.8. The van der Waals surface area contributed by atoms with E-state index in [9.17, 15) is 0 Å². The summed E-state index contributed by atoms with van der Waals surface area (Å²) >= 11 is 6.40. The molecule has 0 aliphatic rings. The molecule has 2 aromatic heterocycles. The fourth-order valence-electron chi connectivity index (χ4n) is 2.22. The lowest BCUT2D eigenvalue weighted by molar-refractivity contribution is 0.411. The molecule has 4 nitrogen and oxygen atoms in total.